The molecule has 0 aliphatic heterocycles. The molecule has 0 atom stereocenters. The van der Waals surface area contributed by atoms with E-state index < -0.39 is 0 Å². The van der Waals surface area contributed by atoms with Crippen LogP contribution in [0.25, 0.3) is 0 Å². The Labute approximate surface area is 134 Å². The van der Waals surface area contributed by atoms with Crippen molar-refractivity contribution in [2.24, 2.45) is 0 Å². The number of aromatic nitrogens is 1. The summed E-state index contributed by atoms with van der Waals surface area (Å²) in [6.45, 7) is 14.3. The zero-order valence-corrected chi connectivity index (χ0v) is 15.1. The van der Waals surface area contributed by atoms with Crippen LogP contribution in [-0.4, -0.2) is 24.1 Å². The summed E-state index contributed by atoms with van der Waals surface area (Å²) in [6, 6.07) is 0.709. The van der Waals surface area contributed by atoms with Crippen LogP contribution >= 0.6 is 11.3 Å². The van der Waals surface area contributed by atoms with Crippen molar-refractivity contribution in [1.82, 2.24) is 10.3 Å². The van der Waals surface area contributed by atoms with Gasteiger partial charge < -0.3 is 10.2 Å². The summed E-state index contributed by atoms with van der Waals surface area (Å²) in [6.07, 6.45) is 5.42. The van der Waals surface area contributed by atoms with Gasteiger partial charge in [0.1, 0.15) is 0 Å². The number of hydrogen-bond acceptors (Lipinski definition) is 4. The van der Waals surface area contributed by atoms with Crippen LogP contribution in [0, 0.1) is 0 Å². The largest absolute Gasteiger partial charge is 0.345 e. The smallest absolute Gasteiger partial charge is 0.186 e. The van der Waals surface area contributed by atoms with E-state index in [-0.39, 0.29) is 5.41 Å². The van der Waals surface area contributed by atoms with Crippen LogP contribution in [0.5, 0.6) is 0 Å². The molecule has 1 saturated carbocycles. The molecule has 21 heavy (non-hydrogen) atoms. The van der Waals surface area contributed by atoms with Gasteiger partial charge in [0.25, 0.3) is 0 Å². The number of nitrogens with one attached hydrogen (secondary N) is 1. The molecule has 1 N–H and O–H groups in total. The molecule has 2 rings (SSSR count). The number of hydrogen-bond donors (Lipinski definition) is 1. The fourth-order valence-corrected chi connectivity index (χ4v) is 4.55. The first kappa shape index (κ1) is 16.8. The van der Waals surface area contributed by atoms with Gasteiger partial charge in [-0.2, -0.15) is 0 Å². The summed E-state index contributed by atoms with van der Waals surface area (Å²) in [4.78, 5) is 9.01. The van der Waals surface area contributed by atoms with Crippen LogP contribution < -0.4 is 10.2 Å². The lowest BCUT2D eigenvalue weighted by Crippen LogP contribution is -2.33. The summed E-state index contributed by atoms with van der Waals surface area (Å²) in [7, 11) is 0. The summed E-state index contributed by atoms with van der Waals surface area (Å²) < 4.78 is 0. The third kappa shape index (κ3) is 3.98. The Morgan fingerprint density at radius 3 is 2.43 bits per heavy atom. The normalized spacial score (nSPS) is 16.6. The molecule has 3 nitrogen and oxygen atoms in total. The van der Waals surface area contributed by atoms with Crippen molar-refractivity contribution in [3.8, 4) is 0 Å². The topological polar surface area (TPSA) is 28.2 Å². The van der Waals surface area contributed by atoms with Gasteiger partial charge in [-0.3, -0.25) is 0 Å². The molecule has 120 valence electrons. The second kappa shape index (κ2) is 7.10. The Hall–Kier alpha value is -0.610. The van der Waals surface area contributed by atoms with Crippen molar-refractivity contribution >= 4 is 16.5 Å². The molecule has 1 aromatic heterocycles. The highest BCUT2D eigenvalue weighted by Crippen LogP contribution is 2.36. The van der Waals surface area contributed by atoms with Crippen molar-refractivity contribution < 1.29 is 0 Å². The molecule has 1 fully saturated rings. The van der Waals surface area contributed by atoms with Gasteiger partial charge in [0.2, 0.25) is 0 Å². The average Bonchev–Trinajstić information content (AvgIpc) is 3.06. The van der Waals surface area contributed by atoms with Crippen LogP contribution in [0.4, 0.5) is 5.13 Å². The molecule has 0 radical (unpaired) electrons. The van der Waals surface area contributed by atoms with Gasteiger partial charge in [0.05, 0.1) is 5.69 Å². The molecule has 1 aromatic rings. The van der Waals surface area contributed by atoms with E-state index in [0.29, 0.717) is 6.04 Å². The van der Waals surface area contributed by atoms with E-state index in [1.807, 2.05) is 11.3 Å². The zero-order valence-electron chi connectivity index (χ0n) is 14.3. The Morgan fingerprint density at radius 2 is 1.90 bits per heavy atom. The van der Waals surface area contributed by atoms with E-state index in [9.17, 15) is 0 Å². The minimum atomic E-state index is 0.120. The standard InChI is InChI=1S/C17H31N3S/c1-6-18-12-14-15(17(3,4)5)19-16(21-14)20(7-2)13-10-8-9-11-13/h13,18H,6-12H2,1-5H3. The average molecular weight is 310 g/mol. The first-order chi connectivity index (χ1) is 9.97. The molecular formula is C17H31N3S. The van der Waals surface area contributed by atoms with E-state index in [1.165, 1.54) is 41.4 Å². The van der Waals surface area contributed by atoms with Crippen LogP contribution in [0.15, 0.2) is 0 Å². The molecule has 1 aliphatic rings. The monoisotopic (exact) mass is 309 g/mol. The van der Waals surface area contributed by atoms with Gasteiger partial charge in [-0.25, -0.2) is 4.98 Å². The van der Waals surface area contributed by atoms with Crippen molar-refractivity contribution in [3.63, 3.8) is 0 Å². The SMILES string of the molecule is CCNCc1sc(N(CC)C2CCCC2)nc1C(C)(C)C. The molecule has 0 bridgehead atoms. The fraction of sp³-hybridized carbons (Fsp3) is 0.824. The zero-order chi connectivity index (χ0) is 15.5. The second-order valence-corrected chi connectivity index (χ2v) is 8.08. The first-order valence-corrected chi connectivity index (χ1v) is 9.26. The molecule has 0 amide bonds. The lowest BCUT2D eigenvalue weighted by atomic mass is 9.91. The number of nitrogens with zero attached hydrogens (tertiary/aromatic N) is 2. The molecule has 0 aromatic carbocycles. The van der Waals surface area contributed by atoms with E-state index >= 15 is 0 Å². The Kier molecular flexibility index (Phi) is 5.67. The molecular weight excluding hydrogens is 278 g/mol. The molecule has 1 heterocycles. The Balaban J connectivity index is 2.28. The summed E-state index contributed by atoms with van der Waals surface area (Å²) >= 11 is 1.90. The lowest BCUT2D eigenvalue weighted by Gasteiger charge is -2.27. The van der Waals surface area contributed by atoms with Crippen molar-refractivity contribution in [2.75, 3.05) is 18.0 Å². The summed E-state index contributed by atoms with van der Waals surface area (Å²) in [5, 5.41) is 4.71. The lowest BCUT2D eigenvalue weighted by molar-refractivity contribution is 0.557. The van der Waals surface area contributed by atoms with E-state index in [4.69, 9.17) is 4.98 Å². The molecule has 0 unspecified atom stereocenters. The minimum Gasteiger partial charge on any atom is -0.345 e. The highest BCUT2D eigenvalue weighted by Gasteiger charge is 2.28. The number of anilines is 1. The van der Waals surface area contributed by atoms with Gasteiger partial charge in [-0.15, -0.1) is 11.3 Å². The summed E-state index contributed by atoms with van der Waals surface area (Å²) in [5.41, 5.74) is 1.40. The highest BCUT2D eigenvalue weighted by atomic mass is 32.1. The predicted molar refractivity (Wildman–Crippen MR) is 93.5 cm³/mol. The van der Waals surface area contributed by atoms with Gasteiger partial charge in [-0.1, -0.05) is 40.5 Å². The number of thiazole rings is 1. The molecule has 1 aliphatic carbocycles. The summed E-state index contributed by atoms with van der Waals surface area (Å²) in [5.74, 6) is 0. The van der Waals surface area contributed by atoms with E-state index in [1.54, 1.807) is 0 Å². The van der Waals surface area contributed by atoms with Gasteiger partial charge in [-0.05, 0) is 26.3 Å². The maximum absolute atomic E-state index is 5.05. The minimum absolute atomic E-state index is 0.120. The van der Waals surface area contributed by atoms with Crippen LogP contribution in [0.1, 0.15) is 70.9 Å². The van der Waals surface area contributed by atoms with Gasteiger partial charge in [0.15, 0.2) is 5.13 Å². The molecule has 4 heteroatoms. The maximum Gasteiger partial charge on any atom is 0.186 e. The first-order valence-electron chi connectivity index (χ1n) is 8.44. The number of rotatable bonds is 6. The van der Waals surface area contributed by atoms with Crippen molar-refractivity contribution in [2.45, 2.75) is 78.3 Å². The predicted octanol–water partition coefficient (Wildman–Crippen LogP) is 4.32. The second-order valence-electron chi connectivity index (χ2n) is 7.02. The van der Waals surface area contributed by atoms with Crippen LogP contribution in [-0.2, 0) is 12.0 Å². The third-order valence-electron chi connectivity index (χ3n) is 4.28. The highest BCUT2D eigenvalue weighted by molar-refractivity contribution is 7.15. The van der Waals surface area contributed by atoms with Crippen molar-refractivity contribution in [3.05, 3.63) is 10.6 Å². The van der Waals surface area contributed by atoms with Crippen LogP contribution in [0.3, 0.4) is 0 Å². The fourth-order valence-electron chi connectivity index (χ4n) is 3.17. The quantitative estimate of drug-likeness (QED) is 0.848. The van der Waals surface area contributed by atoms with Crippen molar-refractivity contribution in [1.29, 1.82) is 0 Å². The molecule has 0 saturated heterocycles. The maximum atomic E-state index is 5.05. The Morgan fingerprint density at radius 1 is 1.24 bits per heavy atom. The van der Waals surface area contributed by atoms with Gasteiger partial charge in [0, 0.05) is 29.4 Å². The molecule has 0 spiro atoms. The van der Waals surface area contributed by atoms with E-state index in [2.05, 4.69) is 44.8 Å². The van der Waals surface area contributed by atoms with Crippen LogP contribution in [0.2, 0.25) is 0 Å². The van der Waals surface area contributed by atoms with E-state index in [0.717, 1.165) is 19.6 Å². The van der Waals surface area contributed by atoms with Gasteiger partial charge >= 0.3 is 0 Å². The Bertz CT molecular complexity index is 441. The third-order valence-corrected chi connectivity index (χ3v) is 5.38.